The van der Waals surface area contributed by atoms with Crippen molar-refractivity contribution in [2.75, 3.05) is 5.32 Å². The highest BCUT2D eigenvalue weighted by atomic mass is 16.3. The molecule has 0 aliphatic carbocycles. The van der Waals surface area contributed by atoms with Crippen molar-refractivity contribution in [2.24, 2.45) is 0 Å². The van der Waals surface area contributed by atoms with Gasteiger partial charge in [0.25, 0.3) is 5.91 Å². The lowest BCUT2D eigenvalue weighted by Crippen LogP contribution is -2.14. The molecule has 0 saturated carbocycles. The van der Waals surface area contributed by atoms with Crippen LogP contribution in [-0.4, -0.2) is 10.9 Å². The van der Waals surface area contributed by atoms with Gasteiger partial charge < -0.3 is 9.73 Å². The van der Waals surface area contributed by atoms with Crippen molar-refractivity contribution in [3.8, 4) is 11.3 Å². The summed E-state index contributed by atoms with van der Waals surface area (Å²) in [5.41, 5.74) is 3.58. The minimum Gasteiger partial charge on any atom is -0.444 e. The van der Waals surface area contributed by atoms with Crippen LogP contribution in [0.3, 0.4) is 0 Å². The Kier molecular flexibility index (Phi) is 4.21. The molecule has 3 rings (SSSR count). The molecular formula is C20H20N2O2. The van der Waals surface area contributed by atoms with Gasteiger partial charge >= 0.3 is 0 Å². The van der Waals surface area contributed by atoms with E-state index in [0.29, 0.717) is 11.3 Å². The molecule has 4 heteroatoms. The van der Waals surface area contributed by atoms with Crippen molar-refractivity contribution in [3.63, 3.8) is 0 Å². The van der Waals surface area contributed by atoms with Crippen LogP contribution in [0, 0.1) is 0 Å². The van der Waals surface area contributed by atoms with Crippen molar-refractivity contribution < 1.29 is 9.21 Å². The van der Waals surface area contributed by atoms with Crippen LogP contribution in [0.5, 0.6) is 0 Å². The van der Waals surface area contributed by atoms with Crippen LogP contribution in [-0.2, 0) is 5.41 Å². The Morgan fingerprint density at radius 3 is 2.21 bits per heavy atom. The Labute approximate surface area is 141 Å². The van der Waals surface area contributed by atoms with Crippen molar-refractivity contribution in [3.05, 3.63) is 72.2 Å². The number of nitrogens with one attached hydrogen (secondary N) is 1. The van der Waals surface area contributed by atoms with E-state index in [9.17, 15) is 4.79 Å². The first-order valence-corrected chi connectivity index (χ1v) is 7.84. The molecule has 24 heavy (non-hydrogen) atoms. The van der Waals surface area contributed by atoms with E-state index in [-0.39, 0.29) is 11.3 Å². The largest absolute Gasteiger partial charge is 0.444 e. The molecule has 3 aromatic rings. The fourth-order valence-electron chi connectivity index (χ4n) is 2.40. The average Bonchev–Trinajstić information content (AvgIpc) is 3.09. The summed E-state index contributed by atoms with van der Waals surface area (Å²) in [4.78, 5) is 16.2. The van der Waals surface area contributed by atoms with E-state index in [1.807, 2.05) is 48.5 Å². The molecule has 2 aromatic carbocycles. The first-order valence-electron chi connectivity index (χ1n) is 7.84. The van der Waals surface area contributed by atoms with Gasteiger partial charge in [-0.2, -0.15) is 0 Å². The van der Waals surface area contributed by atoms with E-state index < -0.39 is 0 Å². The van der Waals surface area contributed by atoms with Gasteiger partial charge in [0.05, 0.1) is 6.20 Å². The Balaban J connectivity index is 1.70. The number of anilines is 1. The first-order chi connectivity index (χ1) is 11.4. The van der Waals surface area contributed by atoms with E-state index in [2.05, 4.69) is 31.1 Å². The molecule has 0 fully saturated rings. The van der Waals surface area contributed by atoms with E-state index in [0.717, 1.165) is 11.3 Å². The maximum absolute atomic E-state index is 12.3. The van der Waals surface area contributed by atoms with E-state index >= 15 is 0 Å². The maximum atomic E-state index is 12.3. The quantitative estimate of drug-likeness (QED) is 0.747. The standard InChI is InChI=1S/C20H20N2O2/c1-20(2,3)16-8-4-15(5-9-16)19(23)22-17-10-6-14(7-11-17)18-12-21-13-24-18/h4-13H,1-3H3,(H,22,23). The summed E-state index contributed by atoms with van der Waals surface area (Å²) < 4.78 is 5.25. The van der Waals surface area contributed by atoms with E-state index in [1.54, 1.807) is 6.20 Å². The summed E-state index contributed by atoms with van der Waals surface area (Å²) in [6.07, 6.45) is 3.05. The van der Waals surface area contributed by atoms with Gasteiger partial charge in [0.2, 0.25) is 0 Å². The molecule has 0 spiro atoms. The molecule has 0 radical (unpaired) electrons. The number of nitrogens with zero attached hydrogens (tertiary/aromatic N) is 1. The van der Waals surface area contributed by atoms with Gasteiger partial charge in [-0.3, -0.25) is 4.79 Å². The molecule has 1 heterocycles. The monoisotopic (exact) mass is 320 g/mol. The van der Waals surface area contributed by atoms with Crippen LogP contribution < -0.4 is 5.32 Å². The highest BCUT2D eigenvalue weighted by molar-refractivity contribution is 6.04. The summed E-state index contributed by atoms with van der Waals surface area (Å²) in [5, 5.41) is 2.90. The lowest BCUT2D eigenvalue weighted by molar-refractivity contribution is 0.102. The number of hydrogen-bond donors (Lipinski definition) is 1. The predicted octanol–water partition coefficient (Wildman–Crippen LogP) is 4.89. The lowest BCUT2D eigenvalue weighted by atomic mass is 9.87. The summed E-state index contributed by atoms with van der Waals surface area (Å²) in [7, 11) is 0. The van der Waals surface area contributed by atoms with Crippen molar-refractivity contribution in [1.82, 2.24) is 4.98 Å². The second kappa shape index (κ2) is 6.32. The lowest BCUT2D eigenvalue weighted by Gasteiger charge is -2.19. The van der Waals surface area contributed by atoms with Crippen molar-refractivity contribution in [1.29, 1.82) is 0 Å². The molecule has 0 atom stereocenters. The number of amides is 1. The molecule has 0 bridgehead atoms. The molecule has 0 aliphatic rings. The zero-order chi connectivity index (χ0) is 17.2. The molecular weight excluding hydrogens is 300 g/mol. The Hall–Kier alpha value is -2.88. The SMILES string of the molecule is CC(C)(C)c1ccc(C(=O)Nc2ccc(-c3cnco3)cc2)cc1. The average molecular weight is 320 g/mol. The fraction of sp³-hybridized carbons (Fsp3) is 0.200. The third kappa shape index (κ3) is 3.54. The molecule has 0 unspecified atom stereocenters. The molecule has 1 N–H and O–H groups in total. The molecule has 0 aliphatic heterocycles. The number of carbonyl (C=O) groups is 1. The predicted molar refractivity (Wildman–Crippen MR) is 95.0 cm³/mol. The molecule has 4 nitrogen and oxygen atoms in total. The number of hydrogen-bond acceptors (Lipinski definition) is 3. The zero-order valence-corrected chi connectivity index (χ0v) is 14.0. The normalized spacial score (nSPS) is 11.3. The van der Waals surface area contributed by atoms with Gasteiger partial charge in [-0.1, -0.05) is 32.9 Å². The number of carbonyl (C=O) groups excluding carboxylic acids is 1. The van der Waals surface area contributed by atoms with Crippen molar-refractivity contribution in [2.45, 2.75) is 26.2 Å². The van der Waals surface area contributed by atoms with Crippen LogP contribution in [0.4, 0.5) is 5.69 Å². The number of rotatable bonds is 3. The topological polar surface area (TPSA) is 55.1 Å². The molecule has 122 valence electrons. The van der Waals surface area contributed by atoms with Crippen LogP contribution >= 0.6 is 0 Å². The minimum absolute atomic E-state index is 0.0749. The summed E-state index contributed by atoms with van der Waals surface area (Å²) in [6, 6.07) is 15.2. The van der Waals surface area contributed by atoms with Gasteiger partial charge in [-0.05, 0) is 47.4 Å². The van der Waals surface area contributed by atoms with Crippen molar-refractivity contribution >= 4 is 11.6 Å². The van der Waals surface area contributed by atoms with Crippen LogP contribution in [0.15, 0.2) is 65.5 Å². The molecule has 0 saturated heterocycles. The Bertz CT molecular complexity index is 812. The van der Waals surface area contributed by atoms with Gasteiger partial charge in [0.15, 0.2) is 12.2 Å². The number of oxazole rings is 1. The second-order valence-corrected chi connectivity index (χ2v) is 6.72. The summed E-state index contributed by atoms with van der Waals surface area (Å²) in [6.45, 7) is 6.45. The van der Waals surface area contributed by atoms with E-state index in [4.69, 9.17) is 4.42 Å². The van der Waals surface area contributed by atoms with Gasteiger partial charge in [0.1, 0.15) is 0 Å². The number of aromatic nitrogens is 1. The second-order valence-electron chi connectivity index (χ2n) is 6.72. The Morgan fingerprint density at radius 2 is 1.67 bits per heavy atom. The maximum Gasteiger partial charge on any atom is 0.255 e. The molecule has 1 aromatic heterocycles. The minimum atomic E-state index is -0.122. The molecule has 1 amide bonds. The summed E-state index contributed by atoms with van der Waals surface area (Å²) in [5.74, 6) is 0.577. The third-order valence-electron chi connectivity index (χ3n) is 3.87. The fourth-order valence-corrected chi connectivity index (χ4v) is 2.40. The van der Waals surface area contributed by atoms with Gasteiger partial charge in [0, 0.05) is 16.8 Å². The third-order valence-corrected chi connectivity index (χ3v) is 3.87. The smallest absolute Gasteiger partial charge is 0.255 e. The van der Waals surface area contributed by atoms with Gasteiger partial charge in [-0.25, -0.2) is 4.98 Å². The highest BCUT2D eigenvalue weighted by Gasteiger charge is 2.14. The van der Waals surface area contributed by atoms with E-state index in [1.165, 1.54) is 12.0 Å². The summed E-state index contributed by atoms with van der Waals surface area (Å²) >= 11 is 0. The zero-order valence-electron chi connectivity index (χ0n) is 14.0. The number of benzene rings is 2. The van der Waals surface area contributed by atoms with Crippen LogP contribution in [0.2, 0.25) is 0 Å². The first kappa shape index (κ1) is 16.0. The van der Waals surface area contributed by atoms with Crippen LogP contribution in [0.1, 0.15) is 36.7 Å². The Morgan fingerprint density at radius 1 is 1.00 bits per heavy atom. The van der Waals surface area contributed by atoms with Gasteiger partial charge in [-0.15, -0.1) is 0 Å². The van der Waals surface area contributed by atoms with Crippen LogP contribution in [0.25, 0.3) is 11.3 Å². The highest BCUT2D eigenvalue weighted by Crippen LogP contribution is 2.23.